The van der Waals surface area contributed by atoms with Gasteiger partial charge in [-0.25, -0.2) is 12.8 Å². The molecule has 0 aliphatic carbocycles. The summed E-state index contributed by atoms with van der Waals surface area (Å²) in [6.07, 6.45) is 0. The second-order valence-corrected chi connectivity index (χ2v) is 6.78. The number of rotatable bonds is 4. The van der Waals surface area contributed by atoms with Gasteiger partial charge in [0.1, 0.15) is 16.0 Å². The van der Waals surface area contributed by atoms with Crippen molar-refractivity contribution in [2.45, 2.75) is 37.0 Å². The van der Waals surface area contributed by atoms with Crippen molar-refractivity contribution in [1.82, 2.24) is 5.32 Å². The number of nitrogen functional groups attached to an aromatic ring is 1. The number of anilines is 1. The van der Waals surface area contributed by atoms with Crippen LogP contribution in [0.1, 0.15) is 20.8 Å². The Balaban J connectivity index is 3.13. The molecule has 3 N–H and O–H groups in total. The highest BCUT2D eigenvalue weighted by Gasteiger charge is 2.32. The van der Waals surface area contributed by atoms with Gasteiger partial charge in [-0.2, -0.15) is 0 Å². The summed E-state index contributed by atoms with van der Waals surface area (Å²) in [7, 11) is -4.07. The van der Waals surface area contributed by atoms with E-state index in [0.717, 1.165) is 12.1 Å². The molecule has 7 heteroatoms. The van der Waals surface area contributed by atoms with E-state index < -0.39 is 31.7 Å². The van der Waals surface area contributed by atoms with Gasteiger partial charge in [0, 0.05) is 11.7 Å². The van der Waals surface area contributed by atoms with Crippen LogP contribution in [0.4, 0.5) is 10.1 Å². The van der Waals surface area contributed by atoms with Gasteiger partial charge in [0.05, 0.1) is 0 Å². The number of hydrogen-bond donors (Lipinski definition) is 2. The molecule has 1 atom stereocenters. The molecule has 0 aliphatic rings. The lowest BCUT2D eigenvalue weighted by Gasteiger charge is -2.15. The summed E-state index contributed by atoms with van der Waals surface area (Å²) >= 11 is 0. The average molecular weight is 288 g/mol. The Kier molecular flexibility index (Phi) is 4.52. The van der Waals surface area contributed by atoms with Gasteiger partial charge in [-0.05, 0) is 39.0 Å². The SMILES string of the molecule is CC(C)NC(=O)C(C)S(=O)(=O)c1ccc(N)cc1F. The Bertz CT molecular complexity index is 585. The highest BCUT2D eigenvalue weighted by Crippen LogP contribution is 2.21. The van der Waals surface area contributed by atoms with E-state index in [9.17, 15) is 17.6 Å². The third kappa shape index (κ3) is 3.44. The normalized spacial score (nSPS) is 13.3. The van der Waals surface area contributed by atoms with E-state index in [1.807, 2.05) is 0 Å². The molecule has 5 nitrogen and oxygen atoms in total. The largest absolute Gasteiger partial charge is 0.399 e. The number of amides is 1. The van der Waals surface area contributed by atoms with E-state index >= 15 is 0 Å². The van der Waals surface area contributed by atoms with Crippen molar-refractivity contribution in [3.05, 3.63) is 24.0 Å². The maximum absolute atomic E-state index is 13.6. The second-order valence-electron chi connectivity index (χ2n) is 4.54. The predicted molar refractivity (Wildman–Crippen MR) is 70.7 cm³/mol. The lowest BCUT2D eigenvalue weighted by atomic mass is 10.3. The molecule has 1 unspecified atom stereocenters. The van der Waals surface area contributed by atoms with Crippen LogP contribution in [0, 0.1) is 5.82 Å². The topological polar surface area (TPSA) is 89.3 Å². The van der Waals surface area contributed by atoms with E-state index in [2.05, 4.69) is 5.32 Å². The minimum absolute atomic E-state index is 0.121. The summed E-state index contributed by atoms with van der Waals surface area (Å²) < 4.78 is 37.9. The van der Waals surface area contributed by atoms with Gasteiger partial charge in [0.25, 0.3) is 0 Å². The summed E-state index contributed by atoms with van der Waals surface area (Å²) in [6, 6.07) is 3.07. The van der Waals surface area contributed by atoms with Crippen molar-refractivity contribution >= 4 is 21.4 Å². The highest BCUT2D eigenvalue weighted by molar-refractivity contribution is 7.92. The van der Waals surface area contributed by atoms with E-state index in [1.165, 1.54) is 13.0 Å². The first-order valence-corrected chi connectivity index (χ1v) is 7.30. The molecule has 1 aromatic carbocycles. The molecule has 0 aromatic heterocycles. The third-order valence-corrected chi connectivity index (χ3v) is 4.62. The predicted octanol–water partition coefficient (Wildman–Crippen LogP) is 1.09. The quantitative estimate of drug-likeness (QED) is 0.812. The Morgan fingerprint density at radius 2 is 1.89 bits per heavy atom. The second kappa shape index (κ2) is 5.56. The molecule has 1 rings (SSSR count). The van der Waals surface area contributed by atoms with Crippen molar-refractivity contribution < 1.29 is 17.6 Å². The molecule has 19 heavy (non-hydrogen) atoms. The number of carbonyl (C=O) groups is 1. The van der Waals surface area contributed by atoms with E-state index in [1.54, 1.807) is 13.8 Å². The maximum atomic E-state index is 13.6. The van der Waals surface area contributed by atoms with Crippen molar-refractivity contribution in [3.63, 3.8) is 0 Å². The molecule has 0 bridgehead atoms. The van der Waals surface area contributed by atoms with Crippen LogP contribution in [-0.4, -0.2) is 25.6 Å². The third-order valence-electron chi connectivity index (χ3n) is 2.53. The van der Waals surface area contributed by atoms with E-state index in [0.29, 0.717) is 0 Å². The Labute approximate surface area is 111 Å². The summed E-state index contributed by atoms with van der Waals surface area (Å²) in [5.41, 5.74) is 5.48. The van der Waals surface area contributed by atoms with Crippen LogP contribution in [0.5, 0.6) is 0 Å². The molecule has 0 radical (unpaired) electrons. The molecule has 0 heterocycles. The summed E-state index contributed by atoms with van der Waals surface area (Å²) in [4.78, 5) is 11.2. The van der Waals surface area contributed by atoms with Crippen molar-refractivity contribution in [1.29, 1.82) is 0 Å². The molecular formula is C12H17FN2O3S. The van der Waals surface area contributed by atoms with Crippen LogP contribution < -0.4 is 11.1 Å². The fraction of sp³-hybridized carbons (Fsp3) is 0.417. The van der Waals surface area contributed by atoms with Gasteiger partial charge < -0.3 is 11.1 Å². The van der Waals surface area contributed by atoms with Crippen molar-refractivity contribution in [2.75, 3.05) is 5.73 Å². The smallest absolute Gasteiger partial charge is 0.238 e. The Hall–Kier alpha value is -1.63. The number of carbonyl (C=O) groups excluding carboxylic acids is 1. The van der Waals surface area contributed by atoms with E-state index in [4.69, 9.17) is 5.73 Å². The molecular weight excluding hydrogens is 271 g/mol. The summed E-state index contributed by atoms with van der Waals surface area (Å²) in [5, 5.41) is 1.12. The van der Waals surface area contributed by atoms with Crippen molar-refractivity contribution in [3.8, 4) is 0 Å². The molecule has 0 spiro atoms. The van der Waals surface area contributed by atoms with Crippen LogP contribution in [-0.2, 0) is 14.6 Å². The first kappa shape index (κ1) is 15.4. The van der Waals surface area contributed by atoms with Crippen LogP contribution in [0.25, 0.3) is 0 Å². The van der Waals surface area contributed by atoms with Gasteiger partial charge in [-0.3, -0.25) is 4.79 Å². The zero-order chi connectivity index (χ0) is 14.8. The van der Waals surface area contributed by atoms with Gasteiger partial charge in [0.2, 0.25) is 5.91 Å². The number of hydrogen-bond acceptors (Lipinski definition) is 4. The highest BCUT2D eigenvalue weighted by atomic mass is 32.2. The lowest BCUT2D eigenvalue weighted by Crippen LogP contribution is -2.41. The number of sulfone groups is 1. The number of halogens is 1. The number of nitrogens with one attached hydrogen (secondary N) is 1. The molecule has 0 fully saturated rings. The minimum atomic E-state index is -4.07. The lowest BCUT2D eigenvalue weighted by molar-refractivity contribution is -0.120. The number of benzene rings is 1. The molecule has 0 aliphatic heterocycles. The number of nitrogens with two attached hydrogens (primary N) is 1. The Morgan fingerprint density at radius 1 is 1.32 bits per heavy atom. The standard InChI is InChI=1S/C12H17FN2O3S/c1-7(2)15-12(16)8(3)19(17,18)11-5-4-9(14)6-10(11)13/h4-8H,14H2,1-3H3,(H,15,16). The first-order valence-electron chi connectivity index (χ1n) is 5.75. The zero-order valence-corrected chi connectivity index (χ0v) is 11.8. The molecule has 0 saturated heterocycles. The van der Waals surface area contributed by atoms with E-state index in [-0.39, 0.29) is 11.7 Å². The summed E-state index contributed by atoms with van der Waals surface area (Å²) in [5.74, 6) is -1.62. The van der Waals surface area contributed by atoms with Gasteiger partial charge in [-0.15, -0.1) is 0 Å². The van der Waals surface area contributed by atoms with Crippen LogP contribution in [0.15, 0.2) is 23.1 Å². The maximum Gasteiger partial charge on any atom is 0.238 e. The van der Waals surface area contributed by atoms with Crippen LogP contribution >= 0.6 is 0 Å². The molecule has 1 amide bonds. The van der Waals surface area contributed by atoms with Crippen molar-refractivity contribution in [2.24, 2.45) is 0 Å². The van der Waals surface area contributed by atoms with Gasteiger partial charge in [0.15, 0.2) is 9.84 Å². The van der Waals surface area contributed by atoms with Gasteiger partial charge >= 0.3 is 0 Å². The molecule has 1 aromatic rings. The fourth-order valence-corrected chi connectivity index (χ4v) is 2.80. The average Bonchev–Trinajstić information content (AvgIpc) is 2.26. The zero-order valence-electron chi connectivity index (χ0n) is 11.0. The Morgan fingerprint density at radius 3 is 2.37 bits per heavy atom. The van der Waals surface area contributed by atoms with Crippen LogP contribution in [0.3, 0.4) is 0 Å². The molecule has 0 saturated carbocycles. The minimum Gasteiger partial charge on any atom is -0.399 e. The fourth-order valence-electron chi connectivity index (χ4n) is 1.48. The monoisotopic (exact) mass is 288 g/mol. The first-order chi connectivity index (χ1) is 8.66. The molecule has 106 valence electrons. The van der Waals surface area contributed by atoms with Gasteiger partial charge in [-0.1, -0.05) is 0 Å². The summed E-state index contributed by atoms with van der Waals surface area (Å²) in [6.45, 7) is 4.64. The van der Waals surface area contributed by atoms with Crippen LogP contribution in [0.2, 0.25) is 0 Å².